The normalized spacial score (nSPS) is 52.9. The molecule has 0 spiro atoms. The van der Waals surface area contributed by atoms with Crippen molar-refractivity contribution in [1.82, 2.24) is 0 Å². The molecule has 2 bridgehead atoms. The molecule has 3 saturated heterocycles. The van der Waals surface area contributed by atoms with E-state index in [2.05, 4.69) is 0 Å². The number of epoxide rings is 1. The van der Waals surface area contributed by atoms with Gasteiger partial charge in [0, 0.05) is 0 Å². The van der Waals surface area contributed by atoms with Crippen LogP contribution in [0.3, 0.4) is 0 Å². The van der Waals surface area contributed by atoms with Crippen molar-refractivity contribution in [3.05, 3.63) is 0 Å². The summed E-state index contributed by atoms with van der Waals surface area (Å²) >= 11 is 0. The molecule has 3 fully saturated rings. The molecule has 0 aliphatic carbocycles. The third kappa shape index (κ3) is 0.777. The third-order valence-corrected chi connectivity index (χ3v) is 3.19. The van der Waals surface area contributed by atoms with E-state index in [4.69, 9.17) is 19.7 Å². The van der Waals surface area contributed by atoms with Crippen molar-refractivity contribution in [3.8, 4) is 0 Å². The monoisotopic (exact) mass is 200 g/mol. The summed E-state index contributed by atoms with van der Waals surface area (Å²) in [5.41, 5.74) is 0. The Morgan fingerprint density at radius 1 is 0.786 bits per heavy atom. The van der Waals surface area contributed by atoms with E-state index >= 15 is 0 Å². The minimum absolute atomic E-state index is 0.184. The maximum Gasteiger partial charge on any atom is 0.310 e. The maximum atomic E-state index is 10.9. The molecule has 14 heavy (non-hydrogen) atoms. The Kier molecular flexibility index (Phi) is 1.32. The zero-order chi connectivity index (χ0) is 10.0. The molecule has 0 aromatic carbocycles. The number of ether oxygens (including phenoxy) is 2. The second-order valence-corrected chi connectivity index (χ2v) is 3.86. The molecule has 0 radical (unpaired) electrons. The molecule has 6 nitrogen and oxygen atoms in total. The van der Waals surface area contributed by atoms with Gasteiger partial charge in [0.2, 0.25) is 0 Å². The lowest BCUT2D eigenvalue weighted by Crippen LogP contribution is -2.41. The highest BCUT2D eigenvalue weighted by Gasteiger charge is 2.72. The van der Waals surface area contributed by atoms with Gasteiger partial charge in [-0.3, -0.25) is 9.59 Å². The summed E-state index contributed by atoms with van der Waals surface area (Å²) in [7, 11) is 0. The second-order valence-electron chi connectivity index (χ2n) is 3.86. The second kappa shape index (κ2) is 2.26. The number of hydrogen-bond donors (Lipinski definition) is 2. The highest BCUT2D eigenvalue weighted by molar-refractivity contribution is 5.82. The fourth-order valence-corrected chi connectivity index (χ4v) is 2.58. The first kappa shape index (κ1) is 8.19. The molecule has 0 aromatic rings. The van der Waals surface area contributed by atoms with Crippen molar-refractivity contribution < 1.29 is 29.3 Å². The first-order valence-corrected chi connectivity index (χ1v) is 4.38. The maximum absolute atomic E-state index is 10.9. The van der Waals surface area contributed by atoms with Gasteiger partial charge in [0.1, 0.15) is 36.3 Å². The van der Waals surface area contributed by atoms with E-state index in [1.165, 1.54) is 0 Å². The van der Waals surface area contributed by atoms with Crippen LogP contribution in [0.2, 0.25) is 0 Å². The first-order valence-electron chi connectivity index (χ1n) is 4.38. The zero-order valence-electron chi connectivity index (χ0n) is 6.99. The average Bonchev–Trinajstić information content (AvgIpc) is 2.71. The van der Waals surface area contributed by atoms with Crippen LogP contribution in [0.15, 0.2) is 0 Å². The van der Waals surface area contributed by atoms with Gasteiger partial charge in [0.15, 0.2) is 0 Å². The van der Waals surface area contributed by atoms with Crippen LogP contribution in [0.5, 0.6) is 0 Å². The standard InChI is InChI=1S/C8H8O6/c9-7(10)1-2(8(11)12)4-6-5(14-6)3(1)13-4/h1-6H,(H,9,10)(H,11,12)/t1?,2?,3-,4+,5+,6-. The average molecular weight is 200 g/mol. The van der Waals surface area contributed by atoms with Crippen molar-refractivity contribution in [2.75, 3.05) is 0 Å². The van der Waals surface area contributed by atoms with Crippen LogP contribution in [-0.4, -0.2) is 46.6 Å². The Morgan fingerprint density at radius 2 is 1.14 bits per heavy atom. The van der Waals surface area contributed by atoms with Crippen molar-refractivity contribution >= 4 is 11.9 Å². The van der Waals surface area contributed by atoms with E-state index in [0.29, 0.717) is 0 Å². The van der Waals surface area contributed by atoms with Crippen molar-refractivity contribution in [2.24, 2.45) is 11.8 Å². The smallest absolute Gasteiger partial charge is 0.310 e. The van der Waals surface area contributed by atoms with Crippen LogP contribution < -0.4 is 0 Å². The van der Waals surface area contributed by atoms with Gasteiger partial charge in [0.05, 0.1) is 0 Å². The summed E-state index contributed by atoms with van der Waals surface area (Å²) < 4.78 is 10.4. The molecule has 6 heteroatoms. The highest BCUT2D eigenvalue weighted by Crippen LogP contribution is 2.53. The number of fused-ring (bicyclic) bond motifs is 5. The van der Waals surface area contributed by atoms with Crippen LogP contribution in [-0.2, 0) is 19.1 Å². The molecular formula is C8H8O6. The highest BCUT2D eigenvalue weighted by atomic mass is 16.7. The fraction of sp³-hybridized carbons (Fsp3) is 0.750. The van der Waals surface area contributed by atoms with Crippen LogP contribution in [0.25, 0.3) is 0 Å². The largest absolute Gasteiger partial charge is 0.481 e. The lowest BCUT2D eigenvalue weighted by atomic mass is 9.79. The van der Waals surface area contributed by atoms with E-state index in [-0.39, 0.29) is 12.2 Å². The van der Waals surface area contributed by atoms with Gasteiger partial charge in [-0.05, 0) is 0 Å². The van der Waals surface area contributed by atoms with Gasteiger partial charge in [-0.2, -0.15) is 0 Å². The number of carboxylic acid groups (broad SMARTS) is 2. The Labute approximate surface area is 78.4 Å². The van der Waals surface area contributed by atoms with Crippen LogP contribution in [0, 0.1) is 11.8 Å². The Balaban J connectivity index is 1.95. The summed E-state index contributed by atoms with van der Waals surface area (Å²) in [6.45, 7) is 0. The lowest BCUT2D eigenvalue weighted by Gasteiger charge is -2.17. The SMILES string of the molecule is O=C(O)C1C(C(=O)O)[C@@H]2O[C@H]1[C@@H]1O[C@@H]12. The summed E-state index contributed by atoms with van der Waals surface area (Å²) in [4.78, 5) is 21.7. The van der Waals surface area contributed by atoms with Crippen molar-refractivity contribution in [1.29, 1.82) is 0 Å². The third-order valence-electron chi connectivity index (χ3n) is 3.19. The molecule has 0 aromatic heterocycles. The Hall–Kier alpha value is -1.14. The first-order chi connectivity index (χ1) is 6.61. The molecule has 2 N–H and O–H groups in total. The number of hydrogen-bond acceptors (Lipinski definition) is 4. The van der Waals surface area contributed by atoms with Gasteiger partial charge in [-0.25, -0.2) is 0 Å². The van der Waals surface area contributed by atoms with Gasteiger partial charge in [0.25, 0.3) is 0 Å². The Morgan fingerprint density at radius 3 is 1.50 bits per heavy atom. The molecule has 3 heterocycles. The lowest BCUT2D eigenvalue weighted by molar-refractivity contribution is -0.153. The summed E-state index contributed by atoms with van der Waals surface area (Å²) in [5.74, 6) is -4.14. The predicted octanol–water partition coefficient (Wildman–Crippen LogP) is -1.06. The minimum atomic E-state index is -1.11. The molecular weight excluding hydrogens is 192 g/mol. The van der Waals surface area contributed by atoms with Crippen LogP contribution in [0.1, 0.15) is 0 Å². The van der Waals surface area contributed by atoms with E-state index in [0.717, 1.165) is 0 Å². The molecule has 76 valence electrons. The topological polar surface area (TPSA) is 96.4 Å². The van der Waals surface area contributed by atoms with Crippen molar-refractivity contribution in [3.63, 3.8) is 0 Å². The zero-order valence-corrected chi connectivity index (χ0v) is 6.99. The van der Waals surface area contributed by atoms with E-state index < -0.39 is 36.0 Å². The molecule has 3 aliphatic heterocycles. The quantitative estimate of drug-likeness (QED) is 0.551. The molecule has 6 atom stereocenters. The van der Waals surface area contributed by atoms with E-state index in [1.54, 1.807) is 0 Å². The number of aliphatic carboxylic acids is 2. The summed E-state index contributed by atoms with van der Waals surface area (Å²) in [5, 5.41) is 17.8. The van der Waals surface area contributed by atoms with E-state index in [1.807, 2.05) is 0 Å². The minimum Gasteiger partial charge on any atom is -0.481 e. The van der Waals surface area contributed by atoms with Gasteiger partial charge in [-0.1, -0.05) is 0 Å². The van der Waals surface area contributed by atoms with Crippen molar-refractivity contribution in [2.45, 2.75) is 24.4 Å². The van der Waals surface area contributed by atoms with Gasteiger partial charge in [-0.15, -0.1) is 0 Å². The van der Waals surface area contributed by atoms with Gasteiger partial charge < -0.3 is 19.7 Å². The number of rotatable bonds is 2. The molecule has 0 saturated carbocycles. The number of carboxylic acids is 2. The molecule has 3 rings (SSSR count). The predicted molar refractivity (Wildman–Crippen MR) is 39.6 cm³/mol. The van der Waals surface area contributed by atoms with Crippen LogP contribution in [0.4, 0.5) is 0 Å². The number of carbonyl (C=O) groups is 2. The fourth-order valence-electron chi connectivity index (χ4n) is 2.58. The summed E-state index contributed by atoms with van der Waals surface area (Å²) in [6.07, 6.45) is -1.50. The molecule has 3 aliphatic rings. The molecule has 2 unspecified atom stereocenters. The molecule has 0 amide bonds. The Bertz CT molecular complexity index is 296. The van der Waals surface area contributed by atoms with E-state index in [9.17, 15) is 9.59 Å². The van der Waals surface area contributed by atoms with Crippen LogP contribution >= 0.6 is 0 Å². The summed E-state index contributed by atoms with van der Waals surface area (Å²) in [6, 6.07) is 0. The van der Waals surface area contributed by atoms with Gasteiger partial charge >= 0.3 is 11.9 Å².